The first-order valence-electron chi connectivity index (χ1n) is 9.37. The van der Waals surface area contributed by atoms with Gasteiger partial charge in [0, 0.05) is 42.3 Å². The second-order valence-corrected chi connectivity index (χ2v) is 6.78. The maximum Gasteiger partial charge on any atom is 0.294 e. The summed E-state index contributed by atoms with van der Waals surface area (Å²) < 4.78 is 4.85. The van der Waals surface area contributed by atoms with Crippen molar-refractivity contribution in [2.45, 2.75) is 26.2 Å². The van der Waals surface area contributed by atoms with Crippen LogP contribution < -0.4 is 15.5 Å². The summed E-state index contributed by atoms with van der Waals surface area (Å²) in [6.45, 7) is 3.98. The summed E-state index contributed by atoms with van der Waals surface area (Å²) in [5, 5.41) is 9.61. The molecule has 1 aliphatic heterocycles. The van der Waals surface area contributed by atoms with Crippen molar-refractivity contribution < 1.29 is 9.32 Å². The van der Waals surface area contributed by atoms with E-state index in [0.29, 0.717) is 5.69 Å². The van der Waals surface area contributed by atoms with Gasteiger partial charge in [-0.2, -0.15) is 4.98 Å². The Balaban J connectivity index is 1.44. The molecule has 0 bridgehead atoms. The van der Waals surface area contributed by atoms with Gasteiger partial charge in [-0.25, -0.2) is 4.98 Å². The lowest BCUT2D eigenvalue weighted by atomic mass is 10.1. The van der Waals surface area contributed by atoms with Crippen LogP contribution in [-0.2, 0) is 0 Å². The number of amides is 1. The SMILES string of the molecule is Cc1cc(Nc2ccc(NC(=O)c3ccno3)cc2)nc(N2CCCCC2)n1. The molecule has 0 atom stereocenters. The molecular formula is C20H22N6O2. The van der Waals surface area contributed by atoms with E-state index >= 15 is 0 Å². The standard InChI is InChI=1S/C20H22N6O2/c1-14-13-18(25-20(22-14)26-11-3-2-4-12-26)23-15-5-7-16(8-6-15)24-19(27)17-9-10-21-28-17/h5-10,13H,2-4,11-12H2,1H3,(H,24,27)(H,22,23,25). The van der Waals surface area contributed by atoms with Crippen molar-refractivity contribution in [3.05, 3.63) is 54.0 Å². The van der Waals surface area contributed by atoms with E-state index in [1.54, 1.807) is 0 Å². The van der Waals surface area contributed by atoms with E-state index in [1.165, 1.54) is 31.5 Å². The monoisotopic (exact) mass is 378 g/mol. The average Bonchev–Trinajstić information content (AvgIpc) is 3.25. The van der Waals surface area contributed by atoms with Crippen molar-refractivity contribution in [1.29, 1.82) is 0 Å². The zero-order valence-electron chi connectivity index (χ0n) is 15.7. The van der Waals surface area contributed by atoms with Crippen LogP contribution >= 0.6 is 0 Å². The maximum absolute atomic E-state index is 12.0. The third kappa shape index (κ3) is 4.28. The third-order valence-corrected chi connectivity index (χ3v) is 4.56. The molecule has 1 amide bonds. The van der Waals surface area contributed by atoms with Crippen LogP contribution in [-0.4, -0.2) is 34.1 Å². The van der Waals surface area contributed by atoms with Crippen LogP contribution in [0, 0.1) is 6.92 Å². The van der Waals surface area contributed by atoms with Gasteiger partial charge in [-0.3, -0.25) is 4.79 Å². The second kappa shape index (κ2) is 8.08. The first-order chi connectivity index (χ1) is 13.7. The van der Waals surface area contributed by atoms with Crippen LogP contribution in [0.1, 0.15) is 35.5 Å². The molecule has 4 rings (SSSR count). The highest BCUT2D eigenvalue weighted by atomic mass is 16.5. The van der Waals surface area contributed by atoms with E-state index in [9.17, 15) is 4.79 Å². The number of nitrogens with one attached hydrogen (secondary N) is 2. The molecule has 28 heavy (non-hydrogen) atoms. The van der Waals surface area contributed by atoms with Gasteiger partial charge in [0.15, 0.2) is 0 Å². The lowest BCUT2D eigenvalue weighted by molar-refractivity contribution is 0.0988. The minimum atomic E-state index is -0.337. The number of benzene rings is 1. The molecule has 0 spiro atoms. The topological polar surface area (TPSA) is 96.2 Å². The third-order valence-electron chi connectivity index (χ3n) is 4.56. The Morgan fingerprint density at radius 2 is 1.79 bits per heavy atom. The predicted molar refractivity (Wildman–Crippen MR) is 107 cm³/mol. The van der Waals surface area contributed by atoms with Crippen molar-refractivity contribution in [2.24, 2.45) is 0 Å². The number of nitrogens with zero attached hydrogens (tertiary/aromatic N) is 4. The summed E-state index contributed by atoms with van der Waals surface area (Å²) in [6, 6.07) is 10.8. The smallest absolute Gasteiger partial charge is 0.294 e. The molecule has 1 aromatic carbocycles. The molecule has 8 heteroatoms. The van der Waals surface area contributed by atoms with Crippen LogP contribution in [0.5, 0.6) is 0 Å². The summed E-state index contributed by atoms with van der Waals surface area (Å²) in [7, 11) is 0. The number of aryl methyl sites for hydroxylation is 1. The maximum atomic E-state index is 12.0. The van der Waals surface area contributed by atoms with E-state index in [0.717, 1.165) is 36.2 Å². The van der Waals surface area contributed by atoms with Crippen molar-refractivity contribution in [1.82, 2.24) is 15.1 Å². The van der Waals surface area contributed by atoms with Crippen molar-refractivity contribution in [3.8, 4) is 0 Å². The van der Waals surface area contributed by atoms with Crippen LogP contribution in [0.4, 0.5) is 23.1 Å². The van der Waals surface area contributed by atoms with Gasteiger partial charge in [0.1, 0.15) is 5.82 Å². The molecule has 0 aliphatic carbocycles. The largest absolute Gasteiger partial charge is 0.351 e. The molecule has 144 valence electrons. The Kier molecular flexibility index (Phi) is 5.18. The molecule has 2 N–H and O–H groups in total. The minimum Gasteiger partial charge on any atom is -0.351 e. The van der Waals surface area contributed by atoms with Gasteiger partial charge in [-0.05, 0) is 50.5 Å². The Bertz CT molecular complexity index is 934. The van der Waals surface area contributed by atoms with Crippen LogP contribution in [0.25, 0.3) is 0 Å². The van der Waals surface area contributed by atoms with Gasteiger partial charge in [0.05, 0.1) is 6.20 Å². The Hall–Kier alpha value is -3.42. The van der Waals surface area contributed by atoms with Crippen LogP contribution in [0.15, 0.2) is 47.1 Å². The van der Waals surface area contributed by atoms with Gasteiger partial charge in [0.25, 0.3) is 5.91 Å². The number of piperidine rings is 1. The van der Waals surface area contributed by atoms with Crippen molar-refractivity contribution in [2.75, 3.05) is 28.6 Å². The molecule has 1 saturated heterocycles. The van der Waals surface area contributed by atoms with Crippen molar-refractivity contribution >= 4 is 29.0 Å². The Morgan fingerprint density at radius 3 is 2.50 bits per heavy atom. The fourth-order valence-corrected chi connectivity index (χ4v) is 3.16. The fraction of sp³-hybridized carbons (Fsp3) is 0.300. The van der Waals surface area contributed by atoms with Crippen LogP contribution in [0.2, 0.25) is 0 Å². The number of carbonyl (C=O) groups is 1. The summed E-state index contributed by atoms with van der Waals surface area (Å²) >= 11 is 0. The number of hydrogen-bond donors (Lipinski definition) is 2. The Morgan fingerprint density at radius 1 is 1.04 bits per heavy atom. The number of rotatable bonds is 5. The summed E-state index contributed by atoms with van der Waals surface area (Å²) in [5.74, 6) is 1.37. The average molecular weight is 378 g/mol. The summed E-state index contributed by atoms with van der Waals surface area (Å²) in [4.78, 5) is 23.5. The van der Waals surface area contributed by atoms with E-state index in [-0.39, 0.29) is 11.7 Å². The molecule has 0 saturated carbocycles. The van der Waals surface area contributed by atoms with Gasteiger partial charge in [-0.1, -0.05) is 5.16 Å². The normalized spacial score (nSPS) is 14.0. The number of aromatic nitrogens is 3. The van der Waals surface area contributed by atoms with E-state index in [2.05, 4.69) is 30.7 Å². The molecular weight excluding hydrogens is 356 g/mol. The lowest BCUT2D eigenvalue weighted by Crippen LogP contribution is -2.31. The van der Waals surface area contributed by atoms with Gasteiger partial charge in [0.2, 0.25) is 11.7 Å². The Labute approximate surface area is 163 Å². The zero-order chi connectivity index (χ0) is 19.3. The predicted octanol–water partition coefficient (Wildman–Crippen LogP) is 3.76. The highest BCUT2D eigenvalue weighted by molar-refractivity contribution is 6.02. The van der Waals surface area contributed by atoms with Crippen molar-refractivity contribution in [3.63, 3.8) is 0 Å². The fourth-order valence-electron chi connectivity index (χ4n) is 3.16. The number of anilines is 4. The van der Waals surface area contributed by atoms with E-state index in [1.807, 2.05) is 37.3 Å². The van der Waals surface area contributed by atoms with Gasteiger partial charge >= 0.3 is 0 Å². The van der Waals surface area contributed by atoms with Crippen LogP contribution in [0.3, 0.4) is 0 Å². The summed E-state index contributed by atoms with van der Waals surface area (Å²) in [6.07, 6.45) is 5.07. The first-order valence-corrected chi connectivity index (χ1v) is 9.37. The highest BCUT2D eigenvalue weighted by Gasteiger charge is 2.15. The molecule has 0 radical (unpaired) electrons. The summed E-state index contributed by atoms with van der Waals surface area (Å²) in [5.41, 5.74) is 2.47. The zero-order valence-corrected chi connectivity index (χ0v) is 15.7. The van der Waals surface area contributed by atoms with Gasteiger partial charge in [-0.15, -0.1) is 0 Å². The van der Waals surface area contributed by atoms with E-state index < -0.39 is 0 Å². The first kappa shape index (κ1) is 18.0. The quantitative estimate of drug-likeness (QED) is 0.698. The molecule has 3 aromatic rings. The highest BCUT2D eigenvalue weighted by Crippen LogP contribution is 2.22. The molecule has 1 aliphatic rings. The molecule has 3 heterocycles. The molecule has 0 unspecified atom stereocenters. The lowest BCUT2D eigenvalue weighted by Gasteiger charge is -2.27. The number of hydrogen-bond acceptors (Lipinski definition) is 7. The molecule has 1 fully saturated rings. The molecule has 8 nitrogen and oxygen atoms in total. The molecule has 2 aromatic heterocycles. The minimum absolute atomic E-state index is 0.170. The van der Waals surface area contributed by atoms with E-state index in [4.69, 9.17) is 4.52 Å². The number of carbonyl (C=O) groups excluding carboxylic acids is 1. The second-order valence-electron chi connectivity index (χ2n) is 6.78. The van der Waals surface area contributed by atoms with Gasteiger partial charge < -0.3 is 20.1 Å².